The highest BCUT2D eigenvalue weighted by molar-refractivity contribution is 7.85. The first-order chi connectivity index (χ1) is 9.65. The average molecular weight is 301 g/mol. The quantitative estimate of drug-likeness (QED) is 0.522. The SMILES string of the molecule is COCCOCCOCCS(=O)c1ccc(N)cc1C. The average Bonchev–Trinajstić information content (AvgIpc) is 2.41. The number of nitrogen functional groups attached to an aromatic ring is 1. The third kappa shape index (κ3) is 6.47. The molecule has 0 bridgehead atoms. The van der Waals surface area contributed by atoms with Gasteiger partial charge in [-0.3, -0.25) is 4.21 Å². The number of benzene rings is 1. The van der Waals surface area contributed by atoms with Crippen molar-refractivity contribution >= 4 is 16.5 Å². The zero-order valence-electron chi connectivity index (χ0n) is 12.1. The van der Waals surface area contributed by atoms with E-state index >= 15 is 0 Å². The zero-order chi connectivity index (χ0) is 14.8. The summed E-state index contributed by atoms with van der Waals surface area (Å²) in [5.41, 5.74) is 7.31. The van der Waals surface area contributed by atoms with Gasteiger partial charge in [-0.25, -0.2) is 0 Å². The minimum Gasteiger partial charge on any atom is -0.399 e. The first-order valence-electron chi connectivity index (χ1n) is 6.54. The van der Waals surface area contributed by atoms with E-state index in [2.05, 4.69) is 0 Å². The Bertz CT molecular complexity index is 426. The lowest BCUT2D eigenvalue weighted by molar-refractivity contribution is 0.0285. The first-order valence-corrected chi connectivity index (χ1v) is 7.86. The van der Waals surface area contributed by atoms with Gasteiger partial charge in [-0.05, 0) is 30.7 Å². The van der Waals surface area contributed by atoms with Crippen LogP contribution in [0.15, 0.2) is 23.1 Å². The fourth-order valence-electron chi connectivity index (χ4n) is 1.64. The third-order valence-corrected chi connectivity index (χ3v) is 4.15. The molecule has 0 fully saturated rings. The van der Waals surface area contributed by atoms with Gasteiger partial charge >= 0.3 is 0 Å². The fourth-order valence-corrected chi connectivity index (χ4v) is 2.76. The molecule has 0 spiro atoms. The van der Waals surface area contributed by atoms with Crippen molar-refractivity contribution < 1.29 is 18.4 Å². The summed E-state index contributed by atoms with van der Waals surface area (Å²) in [5, 5.41) is 0. The van der Waals surface area contributed by atoms with Gasteiger partial charge < -0.3 is 19.9 Å². The highest BCUT2D eigenvalue weighted by Gasteiger charge is 2.07. The van der Waals surface area contributed by atoms with Gasteiger partial charge in [0, 0.05) is 17.7 Å². The van der Waals surface area contributed by atoms with E-state index in [0.29, 0.717) is 44.5 Å². The summed E-state index contributed by atoms with van der Waals surface area (Å²) >= 11 is 0. The lowest BCUT2D eigenvalue weighted by Gasteiger charge is -2.08. The topological polar surface area (TPSA) is 70.8 Å². The highest BCUT2D eigenvalue weighted by atomic mass is 32.2. The van der Waals surface area contributed by atoms with Crippen LogP contribution in [0.4, 0.5) is 5.69 Å². The van der Waals surface area contributed by atoms with Crippen molar-refractivity contribution in [3.05, 3.63) is 23.8 Å². The lowest BCUT2D eigenvalue weighted by atomic mass is 10.2. The second kappa shape index (κ2) is 9.88. The molecule has 5 nitrogen and oxygen atoms in total. The van der Waals surface area contributed by atoms with Crippen LogP contribution in [0.3, 0.4) is 0 Å². The Morgan fingerprint density at radius 3 is 2.40 bits per heavy atom. The van der Waals surface area contributed by atoms with Crippen molar-refractivity contribution in [2.75, 3.05) is 51.6 Å². The first kappa shape index (κ1) is 17.1. The largest absolute Gasteiger partial charge is 0.399 e. The third-order valence-electron chi connectivity index (χ3n) is 2.66. The normalized spacial score (nSPS) is 12.5. The second-order valence-electron chi connectivity index (χ2n) is 4.29. The van der Waals surface area contributed by atoms with Crippen molar-refractivity contribution in [1.82, 2.24) is 0 Å². The number of ether oxygens (including phenoxy) is 3. The van der Waals surface area contributed by atoms with Gasteiger partial charge in [0.15, 0.2) is 0 Å². The molecule has 6 heteroatoms. The van der Waals surface area contributed by atoms with Crippen molar-refractivity contribution in [3.63, 3.8) is 0 Å². The Balaban J connectivity index is 2.17. The number of methoxy groups -OCH3 is 1. The van der Waals surface area contributed by atoms with E-state index in [1.165, 1.54) is 0 Å². The minimum absolute atomic E-state index is 0.448. The molecule has 114 valence electrons. The molecule has 0 aliphatic heterocycles. The van der Waals surface area contributed by atoms with Crippen molar-refractivity contribution in [2.24, 2.45) is 0 Å². The van der Waals surface area contributed by atoms with Crippen molar-refractivity contribution in [2.45, 2.75) is 11.8 Å². The van der Waals surface area contributed by atoms with Gasteiger partial charge in [-0.15, -0.1) is 0 Å². The Hall–Kier alpha value is -0.950. The van der Waals surface area contributed by atoms with Crippen LogP contribution < -0.4 is 5.73 Å². The van der Waals surface area contributed by atoms with E-state index in [4.69, 9.17) is 19.9 Å². The van der Waals surface area contributed by atoms with Crippen molar-refractivity contribution in [1.29, 1.82) is 0 Å². The number of rotatable bonds is 10. The standard InChI is InChI=1S/C14H23NO4S/c1-12-11-13(15)3-4-14(12)20(16)10-9-19-8-7-18-6-5-17-2/h3-4,11H,5-10,15H2,1-2H3. The van der Waals surface area contributed by atoms with Crippen LogP contribution in [-0.4, -0.2) is 50.1 Å². The summed E-state index contributed by atoms with van der Waals surface area (Å²) in [4.78, 5) is 0.819. The molecule has 0 aliphatic carbocycles. The van der Waals surface area contributed by atoms with E-state index in [9.17, 15) is 4.21 Å². The molecule has 1 rings (SSSR count). The molecule has 1 aromatic rings. The molecule has 0 aromatic heterocycles. The zero-order valence-corrected chi connectivity index (χ0v) is 12.9. The number of hydrogen-bond donors (Lipinski definition) is 1. The van der Waals surface area contributed by atoms with E-state index in [-0.39, 0.29) is 0 Å². The van der Waals surface area contributed by atoms with E-state index in [0.717, 1.165) is 10.5 Å². The molecule has 0 aliphatic rings. The maximum absolute atomic E-state index is 12.1. The number of nitrogens with two attached hydrogens (primary N) is 1. The summed E-state index contributed by atoms with van der Waals surface area (Å²) < 4.78 is 27.6. The molecule has 0 heterocycles. The highest BCUT2D eigenvalue weighted by Crippen LogP contribution is 2.16. The van der Waals surface area contributed by atoms with Gasteiger partial charge in [-0.2, -0.15) is 0 Å². The van der Waals surface area contributed by atoms with Crippen LogP contribution in [0.25, 0.3) is 0 Å². The van der Waals surface area contributed by atoms with Crippen LogP contribution >= 0.6 is 0 Å². The molecular weight excluding hydrogens is 278 g/mol. The van der Waals surface area contributed by atoms with Gasteiger partial charge in [0.25, 0.3) is 0 Å². The molecule has 0 amide bonds. The summed E-state index contributed by atoms with van der Waals surface area (Å²) in [6.45, 7) is 4.54. The van der Waals surface area contributed by atoms with Gasteiger partial charge in [0.2, 0.25) is 0 Å². The molecule has 2 N–H and O–H groups in total. The lowest BCUT2D eigenvalue weighted by Crippen LogP contribution is -2.12. The van der Waals surface area contributed by atoms with Crippen LogP contribution in [-0.2, 0) is 25.0 Å². The Morgan fingerprint density at radius 2 is 1.75 bits per heavy atom. The molecule has 0 saturated carbocycles. The summed E-state index contributed by atoms with van der Waals surface area (Å²) in [7, 11) is 0.578. The van der Waals surface area contributed by atoms with Gasteiger partial charge in [-0.1, -0.05) is 0 Å². The van der Waals surface area contributed by atoms with Gasteiger partial charge in [0.1, 0.15) is 0 Å². The van der Waals surface area contributed by atoms with E-state index in [1.54, 1.807) is 13.2 Å². The molecule has 20 heavy (non-hydrogen) atoms. The number of aryl methyl sites for hydroxylation is 1. The summed E-state index contributed by atoms with van der Waals surface area (Å²) in [6, 6.07) is 5.41. The van der Waals surface area contributed by atoms with Crippen LogP contribution in [0.5, 0.6) is 0 Å². The minimum atomic E-state index is -1.05. The van der Waals surface area contributed by atoms with Crippen LogP contribution in [0.1, 0.15) is 5.56 Å². The summed E-state index contributed by atoms with van der Waals surface area (Å²) in [6.07, 6.45) is 0. The van der Waals surface area contributed by atoms with Crippen molar-refractivity contribution in [3.8, 4) is 0 Å². The molecule has 0 saturated heterocycles. The molecular formula is C14H23NO4S. The van der Waals surface area contributed by atoms with Crippen LogP contribution in [0.2, 0.25) is 0 Å². The summed E-state index contributed by atoms with van der Waals surface area (Å²) in [5.74, 6) is 0.475. The van der Waals surface area contributed by atoms with E-state index < -0.39 is 10.8 Å². The Kier molecular flexibility index (Phi) is 8.45. The monoisotopic (exact) mass is 301 g/mol. The Labute approximate surface area is 122 Å². The molecule has 1 unspecified atom stereocenters. The maximum Gasteiger partial charge on any atom is 0.0701 e. The fraction of sp³-hybridized carbons (Fsp3) is 0.571. The van der Waals surface area contributed by atoms with Crippen LogP contribution in [0, 0.1) is 6.92 Å². The predicted octanol–water partition coefficient (Wildman–Crippen LogP) is 1.36. The number of anilines is 1. The van der Waals surface area contributed by atoms with E-state index in [1.807, 2.05) is 19.1 Å². The smallest absolute Gasteiger partial charge is 0.0701 e. The molecule has 1 aromatic carbocycles. The molecule has 1 atom stereocenters. The predicted molar refractivity (Wildman–Crippen MR) is 80.4 cm³/mol. The van der Waals surface area contributed by atoms with Gasteiger partial charge in [0.05, 0.1) is 49.6 Å². The number of hydrogen-bond acceptors (Lipinski definition) is 5. The second-order valence-corrected chi connectivity index (χ2v) is 5.83. The molecule has 0 radical (unpaired) electrons. The maximum atomic E-state index is 12.1. The Morgan fingerprint density at radius 1 is 1.10 bits per heavy atom.